The number of carbonyl (C=O) groups is 2. The SMILES string of the molecule is CCOC(=O)OCO/N=[N+](\[O-])N(C)[C@@H](CC(C)C)C(=O)O. The molecule has 122 valence electrons. The Bertz CT molecular complexity index is 373. The van der Waals surface area contributed by atoms with Gasteiger partial charge in [-0.2, -0.15) is 0 Å². The van der Waals surface area contributed by atoms with Crippen molar-refractivity contribution in [3.8, 4) is 0 Å². The smallest absolute Gasteiger partial charge is 0.511 e. The summed E-state index contributed by atoms with van der Waals surface area (Å²) in [4.78, 5) is 26.3. The van der Waals surface area contributed by atoms with Crippen LogP contribution < -0.4 is 0 Å². The molecule has 0 bridgehead atoms. The highest BCUT2D eigenvalue weighted by Gasteiger charge is 2.29. The first kappa shape index (κ1) is 18.7. The number of carboxylic acid groups (broad SMARTS) is 1. The molecule has 0 spiro atoms. The molecule has 0 fully saturated rings. The maximum atomic E-state index is 11.6. The molecule has 0 aliphatic heterocycles. The van der Waals surface area contributed by atoms with Crippen molar-refractivity contribution in [3.63, 3.8) is 0 Å². The molecule has 21 heavy (non-hydrogen) atoms. The lowest BCUT2D eigenvalue weighted by molar-refractivity contribution is -0.711. The second-order valence-electron chi connectivity index (χ2n) is 4.47. The molecule has 0 aliphatic carbocycles. The Balaban J connectivity index is 4.39. The minimum absolute atomic E-state index is 0.0182. The van der Waals surface area contributed by atoms with Crippen molar-refractivity contribution < 1.29 is 34.0 Å². The van der Waals surface area contributed by atoms with Crippen molar-refractivity contribution in [1.82, 2.24) is 5.01 Å². The lowest BCUT2D eigenvalue weighted by Gasteiger charge is -2.21. The van der Waals surface area contributed by atoms with Gasteiger partial charge in [-0.05, 0) is 19.3 Å². The van der Waals surface area contributed by atoms with E-state index in [4.69, 9.17) is 5.11 Å². The first-order valence-electron chi connectivity index (χ1n) is 6.34. The average molecular weight is 307 g/mol. The van der Waals surface area contributed by atoms with E-state index in [1.54, 1.807) is 6.92 Å². The van der Waals surface area contributed by atoms with Gasteiger partial charge in [0.25, 0.3) is 6.79 Å². The summed E-state index contributed by atoms with van der Waals surface area (Å²) in [6.07, 6.45) is -0.693. The van der Waals surface area contributed by atoms with Crippen molar-refractivity contribution in [2.24, 2.45) is 11.2 Å². The van der Waals surface area contributed by atoms with Crippen LogP contribution in [0.5, 0.6) is 0 Å². The van der Waals surface area contributed by atoms with E-state index in [1.165, 1.54) is 7.05 Å². The molecule has 0 rings (SSSR count). The molecule has 10 heteroatoms. The summed E-state index contributed by atoms with van der Waals surface area (Å²) in [5, 5.41) is 24.6. The van der Waals surface area contributed by atoms with Crippen molar-refractivity contribution >= 4 is 12.1 Å². The van der Waals surface area contributed by atoms with E-state index >= 15 is 0 Å². The fraction of sp³-hybridized carbons (Fsp3) is 0.818. The van der Waals surface area contributed by atoms with E-state index < -0.39 is 25.0 Å². The summed E-state index contributed by atoms with van der Waals surface area (Å²) < 4.78 is 8.85. The Morgan fingerprint density at radius 3 is 2.48 bits per heavy atom. The highest BCUT2D eigenvalue weighted by atomic mass is 16.8. The summed E-state index contributed by atoms with van der Waals surface area (Å²) in [6.45, 7) is 4.79. The Morgan fingerprint density at radius 1 is 1.38 bits per heavy atom. The van der Waals surface area contributed by atoms with Crippen LogP contribution in [-0.2, 0) is 19.1 Å². The third kappa shape index (κ3) is 7.80. The fourth-order valence-electron chi connectivity index (χ4n) is 1.34. The molecule has 0 aromatic carbocycles. The number of carbonyl (C=O) groups excluding carboxylic acids is 1. The largest absolute Gasteiger partial charge is 0.569 e. The monoisotopic (exact) mass is 307 g/mol. The number of ether oxygens (including phenoxy) is 2. The van der Waals surface area contributed by atoms with Crippen molar-refractivity contribution in [2.75, 3.05) is 20.4 Å². The van der Waals surface area contributed by atoms with E-state index in [9.17, 15) is 14.8 Å². The molecular weight excluding hydrogens is 286 g/mol. The molecule has 0 saturated carbocycles. The summed E-state index contributed by atoms with van der Waals surface area (Å²) in [6, 6.07) is -1.04. The number of hydrogen-bond acceptors (Lipinski definition) is 7. The van der Waals surface area contributed by atoms with Gasteiger partial charge in [0, 0.05) is 0 Å². The van der Waals surface area contributed by atoms with E-state index in [0.717, 1.165) is 5.01 Å². The van der Waals surface area contributed by atoms with Crippen LogP contribution in [0, 0.1) is 11.1 Å². The Morgan fingerprint density at radius 2 is 2.00 bits per heavy atom. The van der Waals surface area contributed by atoms with Gasteiger partial charge in [-0.25, -0.2) is 9.59 Å². The average Bonchev–Trinajstić information content (AvgIpc) is 2.39. The van der Waals surface area contributed by atoms with E-state index in [-0.39, 0.29) is 23.9 Å². The minimum atomic E-state index is -1.15. The maximum absolute atomic E-state index is 11.6. The Labute approximate surface area is 122 Å². The number of carboxylic acids is 1. The lowest BCUT2D eigenvalue weighted by Crippen LogP contribution is -2.43. The van der Waals surface area contributed by atoms with Crippen LogP contribution in [0.15, 0.2) is 5.28 Å². The van der Waals surface area contributed by atoms with E-state index in [2.05, 4.69) is 19.6 Å². The summed E-state index contributed by atoms with van der Waals surface area (Å²) in [7, 11) is 1.27. The summed E-state index contributed by atoms with van der Waals surface area (Å²) in [5.41, 5.74) is 0. The topological polar surface area (TPSA) is 124 Å². The number of rotatable bonds is 9. The number of likely N-dealkylation sites (N-methyl/N-ethyl adjacent to an activating group) is 1. The van der Waals surface area contributed by atoms with Crippen LogP contribution in [0.3, 0.4) is 0 Å². The van der Waals surface area contributed by atoms with Crippen molar-refractivity contribution in [1.29, 1.82) is 0 Å². The van der Waals surface area contributed by atoms with E-state index in [1.807, 2.05) is 13.8 Å². The molecule has 0 radical (unpaired) electrons. The molecular formula is C11H21N3O7. The van der Waals surface area contributed by atoms with Crippen LogP contribution in [0.1, 0.15) is 27.2 Å². The molecule has 0 aromatic rings. The van der Waals surface area contributed by atoms with Gasteiger partial charge in [-0.1, -0.05) is 13.8 Å². The number of nitrogens with zero attached hydrogens (tertiary/aromatic N) is 3. The number of hydrogen-bond donors (Lipinski definition) is 1. The molecule has 0 amide bonds. The summed E-state index contributed by atoms with van der Waals surface area (Å²) in [5.74, 6) is -1.07. The molecule has 0 heterocycles. The predicted octanol–water partition coefficient (Wildman–Crippen LogP) is 1.36. The Kier molecular flexibility index (Phi) is 8.58. The zero-order valence-corrected chi connectivity index (χ0v) is 12.5. The van der Waals surface area contributed by atoms with Gasteiger partial charge in [0.05, 0.1) is 18.6 Å². The zero-order chi connectivity index (χ0) is 16.4. The minimum Gasteiger partial charge on any atom is -0.569 e. The normalized spacial score (nSPS) is 12.7. The van der Waals surface area contributed by atoms with Gasteiger partial charge in [0.1, 0.15) is 0 Å². The van der Waals surface area contributed by atoms with Gasteiger partial charge in [0.15, 0.2) is 6.04 Å². The fourth-order valence-corrected chi connectivity index (χ4v) is 1.34. The summed E-state index contributed by atoms with van der Waals surface area (Å²) >= 11 is 0. The Hall–Kier alpha value is -2.26. The molecule has 0 aromatic heterocycles. The van der Waals surface area contributed by atoms with Gasteiger partial charge >= 0.3 is 12.1 Å². The highest BCUT2D eigenvalue weighted by molar-refractivity contribution is 5.73. The van der Waals surface area contributed by atoms with Crippen molar-refractivity contribution in [3.05, 3.63) is 5.21 Å². The first-order chi connectivity index (χ1) is 9.79. The predicted molar refractivity (Wildman–Crippen MR) is 68.8 cm³/mol. The van der Waals surface area contributed by atoms with Gasteiger partial charge in [0.2, 0.25) is 5.28 Å². The third-order valence-corrected chi connectivity index (χ3v) is 2.32. The number of hydrazine groups is 1. The second kappa shape index (κ2) is 9.61. The van der Waals surface area contributed by atoms with E-state index in [0.29, 0.717) is 0 Å². The molecule has 0 unspecified atom stereocenters. The van der Waals surface area contributed by atoms with Crippen LogP contribution in [0.2, 0.25) is 0 Å². The highest BCUT2D eigenvalue weighted by Crippen LogP contribution is 2.11. The molecule has 1 atom stereocenters. The van der Waals surface area contributed by atoms with Gasteiger partial charge in [-0.15, -0.1) is 5.01 Å². The van der Waals surface area contributed by atoms with Crippen LogP contribution in [-0.4, -0.2) is 53.7 Å². The second-order valence-corrected chi connectivity index (χ2v) is 4.47. The maximum Gasteiger partial charge on any atom is 0.511 e. The zero-order valence-electron chi connectivity index (χ0n) is 12.5. The molecule has 0 aliphatic rings. The molecule has 0 saturated heterocycles. The van der Waals surface area contributed by atoms with Crippen LogP contribution in [0.4, 0.5) is 4.79 Å². The molecule has 10 nitrogen and oxygen atoms in total. The van der Waals surface area contributed by atoms with Gasteiger partial charge < -0.3 is 24.6 Å². The molecule has 1 N–H and O–H groups in total. The lowest BCUT2D eigenvalue weighted by atomic mass is 10.0. The van der Waals surface area contributed by atoms with Crippen molar-refractivity contribution in [2.45, 2.75) is 33.2 Å². The third-order valence-electron chi connectivity index (χ3n) is 2.32. The van der Waals surface area contributed by atoms with Gasteiger partial charge in [-0.3, -0.25) is 0 Å². The van der Waals surface area contributed by atoms with Crippen LogP contribution >= 0.6 is 0 Å². The first-order valence-corrected chi connectivity index (χ1v) is 6.34. The quantitative estimate of drug-likeness (QED) is 0.169. The standard InChI is InChI=1S/C11H21N3O7/c1-5-19-11(17)20-7-21-12-14(18)13(4)9(10(15)16)6-8(2)3/h8-9H,5-7H2,1-4H3,(H,15,16)/b14-12-/t9-/m0/s1. The van der Waals surface area contributed by atoms with Crippen LogP contribution in [0.25, 0.3) is 0 Å². The number of aliphatic carboxylic acids is 1.